The number of piperidine rings is 1. The second kappa shape index (κ2) is 8.41. The van der Waals surface area contributed by atoms with E-state index < -0.39 is 41.1 Å². The molecule has 33 heavy (non-hydrogen) atoms. The number of phenolic OH excluding ortho intramolecular Hbond substituents is 2. The van der Waals surface area contributed by atoms with Gasteiger partial charge in [0.2, 0.25) is 0 Å². The number of ether oxygens (including phenoxy) is 1. The number of benzene rings is 1. The molecule has 2 atom stereocenters. The van der Waals surface area contributed by atoms with Crippen LogP contribution in [-0.4, -0.2) is 53.5 Å². The number of alkyl halides is 3. The van der Waals surface area contributed by atoms with Crippen LogP contribution in [0, 0.1) is 0 Å². The maximum absolute atomic E-state index is 12.9. The van der Waals surface area contributed by atoms with E-state index in [1.54, 1.807) is 18.0 Å². The molecule has 2 aromatic heterocycles. The van der Waals surface area contributed by atoms with Gasteiger partial charge in [-0.05, 0) is 48.1 Å². The fourth-order valence-electron chi connectivity index (χ4n) is 3.97. The largest absolute Gasteiger partial charge is 0.507 e. The average molecular weight is 532 g/mol. The van der Waals surface area contributed by atoms with Crippen molar-refractivity contribution in [3.05, 3.63) is 44.7 Å². The highest BCUT2D eigenvalue weighted by Crippen LogP contribution is 2.43. The summed E-state index contributed by atoms with van der Waals surface area (Å²) in [6.45, 7) is 0.352. The monoisotopic (exact) mass is 531 g/mol. The Hall–Kier alpha value is -2.99. The molecule has 3 heterocycles. The Kier molecular flexibility index (Phi) is 5.91. The molecule has 1 aliphatic rings. The maximum Gasteiger partial charge on any atom is 0.490 e. The topological polar surface area (TPSA) is 113 Å². The molecule has 0 bridgehead atoms. The molecule has 0 unspecified atom stereocenters. The first-order chi connectivity index (χ1) is 15.5. The van der Waals surface area contributed by atoms with Crippen LogP contribution in [0.4, 0.5) is 13.2 Å². The summed E-state index contributed by atoms with van der Waals surface area (Å²) in [6, 6.07) is 5.08. The predicted octanol–water partition coefficient (Wildman–Crippen LogP) is 4.12. The van der Waals surface area contributed by atoms with Crippen LogP contribution in [-0.2, 0) is 9.53 Å². The summed E-state index contributed by atoms with van der Waals surface area (Å²) in [5, 5.41) is 20.7. The number of nitrogens with zero attached hydrogens (tertiary/aromatic N) is 1. The lowest BCUT2D eigenvalue weighted by atomic mass is 9.85. The lowest BCUT2D eigenvalue weighted by molar-refractivity contribution is -0.207. The third kappa shape index (κ3) is 4.44. The highest BCUT2D eigenvalue weighted by atomic mass is 79.9. The highest BCUT2D eigenvalue weighted by Gasteiger charge is 2.45. The van der Waals surface area contributed by atoms with Gasteiger partial charge in [0.25, 0.3) is 0 Å². The molecular weight excluding hydrogens is 515 g/mol. The van der Waals surface area contributed by atoms with Crippen LogP contribution >= 0.6 is 15.9 Å². The molecule has 0 saturated carbocycles. The van der Waals surface area contributed by atoms with Crippen LogP contribution in [0.3, 0.4) is 0 Å². The zero-order valence-corrected chi connectivity index (χ0v) is 18.6. The minimum absolute atomic E-state index is 0.0267. The van der Waals surface area contributed by atoms with Gasteiger partial charge >= 0.3 is 12.1 Å². The van der Waals surface area contributed by atoms with Crippen molar-refractivity contribution >= 4 is 32.9 Å². The van der Waals surface area contributed by atoms with Crippen molar-refractivity contribution in [3.8, 4) is 23.0 Å². The van der Waals surface area contributed by atoms with E-state index in [-0.39, 0.29) is 41.0 Å². The van der Waals surface area contributed by atoms with Gasteiger partial charge in [0.1, 0.15) is 28.6 Å². The van der Waals surface area contributed by atoms with Crippen LogP contribution in [0.2, 0.25) is 0 Å². The number of halogens is 4. The van der Waals surface area contributed by atoms with E-state index in [0.717, 1.165) is 12.1 Å². The summed E-state index contributed by atoms with van der Waals surface area (Å²) >= 11 is 3.14. The van der Waals surface area contributed by atoms with Gasteiger partial charge in [0.05, 0.1) is 0 Å². The number of likely N-dealkylation sites (tertiary alicyclic amines) is 1. The molecule has 4 rings (SSSR count). The first-order valence-electron chi connectivity index (χ1n) is 9.70. The third-order valence-electron chi connectivity index (χ3n) is 5.44. The quantitative estimate of drug-likeness (QED) is 0.485. The van der Waals surface area contributed by atoms with E-state index in [2.05, 4.69) is 15.9 Å². The van der Waals surface area contributed by atoms with Crippen molar-refractivity contribution in [2.24, 2.45) is 0 Å². The van der Waals surface area contributed by atoms with Crippen LogP contribution in [0.5, 0.6) is 11.5 Å². The van der Waals surface area contributed by atoms with Crippen molar-refractivity contribution in [1.82, 2.24) is 4.90 Å². The molecule has 1 aliphatic heterocycles. The van der Waals surface area contributed by atoms with Gasteiger partial charge in [-0.25, -0.2) is 4.79 Å². The zero-order valence-electron chi connectivity index (χ0n) is 17.0. The lowest BCUT2D eigenvalue weighted by Crippen LogP contribution is -2.45. The number of carbonyl (C=O) groups is 1. The van der Waals surface area contributed by atoms with Gasteiger partial charge in [-0.2, -0.15) is 13.2 Å². The van der Waals surface area contributed by atoms with Gasteiger partial charge in [-0.3, -0.25) is 4.79 Å². The van der Waals surface area contributed by atoms with Crippen molar-refractivity contribution in [3.63, 3.8) is 0 Å². The van der Waals surface area contributed by atoms with E-state index in [1.165, 1.54) is 6.07 Å². The first kappa shape index (κ1) is 23.2. The minimum Gasteiger partial charge on any atom is -0.507 e. The molecule has 0 amide bonds. The number of rotatable bonds is 3. The molecule has 1 aromatic carbocycles. The molecule has 176 valence electrons. The first-order valence-corrected chi connectivity index (χ1v) is 10.5. The Bertz CT molecular complexity index is 1280. The van der Waals surface area contributed by atoms with Gasteiger partial charge in [-0.15, -0.1) is 0 Å². The Morgan fingerprint density at radius 3 is 2.55 bits per heavy atom. The van der Waals surface area contributed by atoms with Crippen molar-refractivity contribution in [2.45, 2.75) is 24.6 Å². The van der Waals surface area contributed by atoms with Crippen molar-refractivity contribution in [2.75, 3.05) is 20.1 Å². The summed E-state index contributed by atoms with van der Waals surface area (Å²) in [4.78, 5) is 26.0. The van der Waals surface area contributed by atoms with Gasteiger partial charge in [0.15, 0.2) is 21.6 Å². The Morgan fingerprint density at radius 2 is 1.91 bits per heavy atom. The minimum atomic E-state index is -5.20. The van der Waals surface area contributed by atoms with Crippen LogP contribution in [0.15, 0.2) is 42.6 Å². The summed E-state index contributed by atoms with van der Waals surface area (Å²) in [6.07, 6.45) is -6.32. The number of hydrogen-bond donors (Lipinski definition) is 2. The Balaban J connectivity index is 1.90. The van der Waals surface area contributed by atoms with E-state index in [4.69, 9.17) is 13.6 Å². The number of carbonyl (C=O) groups excluding carboxylic acids is 1. The summed E-state index contributed by atoms with van der Waals surface area (Å²) in [5.41, 5.74) is -0.931. The van der Waals surface area contributed by atoms with E-state index >= 15 is 0 Å². The van der Waals surface area contributed by atoms with Crippen LogP contribution in [0.1, 0.15) is 17.9 Å². The molecule has 12 heteroatoms. The molecule has 1 fully saturated rings. The van der Waals surface area contributed by atoms with E-state index in [1.807, 2.05) is 0 Å². The lowest BCUT2D eigenvalue weighted by Gasteiger charge is -2.36. The number of furan rings is 1. The number of fused-ring (bicyclic) bond motifs is 1. The second-order valence-corrected chi connectivity index (χ2v) is 8.49. The fourth-order valence-corrected chi connectivity index (χ4v) is 4.28. The van der Waals surface area contributed by atoms with Gasteiger partial charge < -0.3 is 28.7 Å². The Labute approximate surface area is 192 Å². The summed E-state index contributed by atoms with van der Waals surface area (Å²) in [7, 11) is 1.65. The molecule has 8 nitrogen and oxygen atoms in total. The molecule has 0 aliphatic carbocycles. The van der Waals surface area contributed by atoms with Gasteiger partial charge in [0, 0.05) is 30.2 Å². The maximum atomic E-state index is 12.9. The fraction of sp³-hybridized carbons (Fsp3) is 0.333. The molecule has 2 N–H and O–H groups in total. The van der Waals surface area contributed by atoms with Crippen molar-refractivity contribution < 1.29 is 41.8 Å². The number of phenols is 2. The standard InChI is InChI=1S/C21H17BrF3NO7/c1-26-5-4-9(15(8-26)33-20(30)21(23,24)25)17-10(27)6-11(28)18-12(29)7-14(32-19(17)18)13-2-3-16(22)31-13/h2-3,6-7,9,15,27-28H,4-5,8H2,1H3/t9-,15+/m0/s1. The van der Waals surface area contributed by atoms with E-state index in [0.29, 0.717) is 11.2 Å². The molecular formula is C21H17BrF3NO7. The molecule has 0 radical (unpaired) electrons. The molecule has 0 spiro atoms. The average Bonchev–Trinajstić information content (AvgIpc) is 3.14. The predicted molar refractivity (Wildman–Crippen MR) is 112 cm³/mol. The van der Waals surface area contributed by atoms with Crippen LogP contribution < -0.4 is 5.43 Å². The van der Waals surface area contributed by atoms with Crippen molar-refractivity contribution in [1.29, 1.82) is 0 Å². The van der Waals surface area contributed by atoms with Crippen LogP contribution in [0.25, 0.3) is 22.5 Å². The smallest absolute Gasteiger partial charge is 0.490 e. The summed E-state index contributed by atoms with van der Waals surface area (Å²) in [5.74, 6) is -4.25. The number of likely N-dealkylation sites (N-methyl/N-ethyl adjacent to an activating group) is 1. The zero-order chi connectivity index (χ0) is 24.1. The highest BCUT2D eigenvalue weighted by molar-refractivity contribution is 9.10. The molecule has 1 saturated heterocycles. The second-order valence-electron chi connectivity index (χ2n) is 7.71. The van der Waals surface area contributed by atoms with Gasteiger partial charge in [-0.1, -0.05) is 0 Å². The number of aromatic hydroxyl groups is 2. The number of hydrogen-bond acceptors (Lipinski definition) is 8. The summed E-state index contributed by atoms with van der Waals surface area (Å²) < 4.78 is 54.9. The third-order valence-corrected chi connectivity index (χ3v) is 5.86. The Morgan fingerprint density at radius 1 is 1.18 bits per heavy atom. The van der Waals surface area contributed by atoms with E-state index in [9.17, 15) is 33.0 Å². The normalized spacial score (nSPS) is 19.7. The SMILES string of the molecule is CN1CC[C@H](c2c(O)cc(O)c3c(=O)cc(-c4ccc(Br)o4)oc23)[C@H](OC(=O)C(F)(F)F)C1. The number of esters is 1. The molecule has 3 aromatic rings.